The van der Waals surface area contributed by atoms with E-state index in [0.717, 1.165) is 49.5 Å². The number of piperidine rings is 1. The molecule has 0 atom stereocenters. The van der Waals surface area contributed by atoms with Crippen molar-refractivity contribution in [2.45, 2.75) is 52.5 Å². The normalized spacial score (nSPS) is 17.0. The molecule has 6 nitrogen and oxygen atoms in total. The number of hydrogen-bond donors (Lipinski definition) is 0. The largest absolute Gasteiger partial charge is 0.491 e. The fourth-order valence-corrected chi connectivity index (χ4v) is 5.01. The molecule has 184 valence electrons. The van der Waals surface area contributed by atoms with Gasteiger partial charge in [-0.15, -0.1) is 0 Å². The number of nitrogens with zero attached hydrogens (tertiary/aromatic N) is 2. The molecular weight excluding hydrogens is 440 g/mol. The molecule has 0 radical (unpaired) electrons. The van der Waals surface area contributed by atoms with Crippen LogP contribution in [0.2, 0.25) is 0 Å². The standard InChI is InChI=1S/C29H34N2O4/c1-21-16-27(22(2)35-21)29(32)31-14-15-33-28-9-8-24(17-25(28)19-31)18-30-12-10-26(11-13-30)34-20-23-6-4-3-5-7-23/h3-9,16-17,26H,10-15,18-20H2,1-2H3. The Labute approximate surface area is 207 Å². The molecule has 6 heteroatoms. The van der Waals surface area contributed by atoms with E-state index in [4.69, 9.17) is 13.9 Å². The van der Waals surface area contributed by atoms with Crippen LogP contribution in [-0.4, -0.2) is 48.1 Å². The second-order valence-corrected chi connectivity index (χ2v) is 9.62. The summed E-state index contributed by atoms with van der Waals surface area (Å²) in [7, 11) is 0. The lowest BCUT2D eigenvalue weighted by Crippen LogP contribution is -2.36. The summed E-state index contributed by atoms with van der Waals surface area (Å²) in [6.45, 7) is 8.93. The summed E-state index contributed by atoms with van der Waals surface area (Å²) in [5.74, 6) is 2.30. The molecule has 0 aliphatic carbocycles. The van der Waals surface area contributed by atoms with Gasteiger partial charge in [0.05, 0.1) is 24.8 Å². The summed E-state index contributed by atoms with van der Waals surface area (Å²) < 4.78 is 17.7. The number of likely N-dealkylation sites (tertiary alicyclic amines) is 1. The Morgan fingerprint density at radius 1 is 1.00 bits per heavy atom. The maximum absolute atomic E-state index is 13.2. The van der Waals surface area contributed by atoms with Crippen LogP contribution < -0.4 is 4.74 Å². The van der Waals surface area contributed by atoms with Crippen LogP contribution in [0.1, 0.15) is 51.4 Å². The summed E-state index contributed by atoms with van der Waals surface area (Å²) in [5, 5.41) is 0. The lowest BCUT2D eigenvalue weighted by molar-refractivity contribution is -0.00394. The van der Waals surface area contributed by atoms with Gasteiger partial charge in [-0.2, -0.15) is 0 Å². The van der Waals surface area contributed by atoms with E-state index in [1.54, 1.807) is 0 Å². The van der Waals surface area contributed by atoms with Gasteiger partial charge in [0.1, 0.15) is 23.9 Å². The zero-order valence-electron chi connectivity index (χ0n) is 20.7. The van der Waals surface area contributed by atoms with Crippen molar-refractivity contribution in [3.8, 4) is 5.75 Å². The Balaban J connectivity index is 1.17. The van der Waals surface area contributed by atoms with Crippen molar-refractivity contribution in [2.24, 2.45) is 0 Å². The van der Waals surface area contributed by atoms with Crippen LogP contribution in [-0.2, 0) is 24.4 Å². The van der Waals surface area contributed by atoms with Gasteiger partial charge in [-0.05, 0) is 56.0 Å². The summed E-state index contributed by atoms with van der Waals surface area (Å²) in [4.78, 5) is 17.5. The average molecular weight is 475 g/mol. The second kappa shape index (κ2) is 10.7. The SMILES string of the molecule is Cc1cc(C(=O)N2CCOc3ccc(CN4CCC(OCc5ccccc5)CC4)cc3C2)c(C)o1. The lowest BCUT2D eigenvalue weighted by atomic mass is 10.0. The highest BCUT2D eigenvalue weighted by Gasteiger charge is 2.25. The molecule has 1 amide bonds. The van der Waals surface area contributed by atoms with Crippen molar-refractivity contribution in [3.63, 3.8) is 0 Å². The number of fused-ring (bicyclic) bond motifs is 1. The first-order chi connectivity index (χ1) is 17.0. The number of rotatable bonds is 6. The molecule has 5 rings (SSSR count). The number of benzene rings is 2. The molecule has 2 aliphatic heterocycles. The third-order valence-electron chi connectivity index (χ3n) is 6.93. The Morgan fingerprint density at radius 3 is 2.54 bits per heavy atom. The van der Waals surface area contributed by atoms with E-state index in [0.29, 0.717) is 43.7 Å². The molecule has 1 fully saturated rings. The van der Waals surface area contributed by atoms with E-state index in [9.17, 15) is 4.79 Å². The van der Waals surface area contributed by atoms with Gasteiger partial charge >= 0.3 is 0 Å². The first-order valence-corrected chi connectivity index (χ1v) is 12.5. The van der Waals surface area contributed by atoms with Crippen molar-refractivity contribution < 1.29 is 18.7 Å². The monoisotopic (exact) mass is 474 g/mol. The Hall–Kier alpha value is -3.09. The molecule has 1 aromatic heterocycles. The fourth-order valence-electron chi connectivity index (χ4n) is 5.01. The zero-order valence-corrected chi connectivity index (χ0v) is 20.7. The van der Waals surface area contributed by atoms with Crippen molar-refractivity contribution in [2.75, 3.05) is 26.2 Å². The molecule has 0 spiro atoms. The minimum absolute atomic E-state index is 0.00113. The minimum atomic E-state index is -0.00113. The van der Waals surface area contributed by atoms with Gasteiger partial charge in [-0.1, -0.05) is 36.4 Å². The number of amides is 1. The van der Waals surface area contributed by atoms with Gasteiger partial charge in [-0.25, -0.2) is 0 Å². The highest BCUT2D eigenvalue weighted by Crippen LogP contribution is 2.27. The quantitative estimate of drug-likeness (QED) is 0.497. The molecule has 0 unspecified atom stereocenters. The van der Waals surface area contributed by atoms with Crippen molar-refractivity contribution in [1.29, 1.82) is 0 Å². The van der Waals surface area contributed by atoms with E-state index in [2.05, 4.69) is 47.4 Å². The van der Waals surface area contributed by atoms with Gasteiger partial charge < -0.3 is 18.8 Å². The summed E-state index contributed by atoms with van der Waals surface area (Å²) in [6, 6.07) is 18.6. The highest BCUT2D eigenvalue weighted by atomic mass is 16.5. The van der Waals surface area contributed by atoms with Gasteiger partial charge in [0.25, 0.3) is 5.91 Å². The number of carbonyl (C=O) groups is 1. The molecule has 3 aromatic rings. The highest BCUT2D eigenvalue weighted by molar-refractivity contribution is 5.95. The number of aryl methyl sites for hydroxylation is 2. The summed E-state index contributed by atoms with van der Waals surface area (Å²) in [5.41, 5.74) is 4.18. The molecule has 1 saturated heterocycles. The van der Waals surface area contributed by atoms with Crippen LogP contribution in [0.3, 0.4) is 0 Å². The van der Waals surface area contributed by atoms with E-state index in [1.807, 2.05) is 30.9 Å². The molecule has 2 aliphatic rings. The first-order valence-electron chi connectivity index (χ1n) is 12.5. The van der Waals surface area contributed by atoms with Gasteiger partial charge in [0.2, 0.25) is 0 Å². The number of carbonyl (C=O) groups excluding carboxylic acids is 1. The third kappa shape index (κ3) is 5.77. The Kier molecular flexibility index (Phi) is 7.21. The maximum Gasteiger partial charge on any atom is 0.257 e. The van der Waals surface area contributed by atoms with Crippen molar-refractivity contribution >= 4 is 5.91 Å². The van der Waals surface area contributed by atoms with Crippen LogP contribution in [0, 0.1) is 13.8 Å². The average Bonchev–Trinajstić information content (AvgIpc) is 3.08. The Morgan fingerprint density at radius 2 is 1.80 bits per heavy atom. The van der Waals surface area contributed by atoms with Crippen LogP contribution in [0.4, 0.5) is 0 Å². The van der Waals surface area contributed by atoms with E-state index < -0.39 is 0 Å². The summed E-state index contributed by atoms with van der Waals surface area (Å²) >= 11 is 0. The topological polar surface area (TPSA) is 55.2 Å². The third-order valence-corrected chi connectivity index (χ3v) is 6.93. The molecule has 0 saturated carbocycles. The number of ether oxygens (including phenoxy) is 2. The van der Waals surface area contributed by atoms with E-state index >= 15 is 0 Å². The summed E-state index contributed by atoms with van der Waals surface area (Å²) in [6.07, 6.45) is 2.42. The molecule has 3 heterocycles. The van der Waals surface area contributed by atoms with Crippen LogP contribution in [0.25, 0.3) is 0 Å². The molecule has 2 aromatic carbocycles. The number of hydrogen-bond acceptors (Lipinski definition) is 5. The Bertz CT molecular complexity index is 1150. The molecule has 0 bridgehead atoms. The molecule has 0 N–H and O–H groups in total. The number of furan rings is 1. The van der Waals surface area contributed by atoms with Gasteiger partial charge in [-0.3, -0.25) is 9.69 Å². The van der Waals surface area contributed by atoms with Gasteiger partial charge in [0.15, 0.2) is 0 Å². The van der Waals surface area contributed by atoms with Crippen LogP contribution in [0.15, 0.2) is 59.0 Å². The predicted molar refractivity (Wildman–Crippen MR) is 134 cm³/mol. The predicted octanol–water partition coefficient (Wildman–Crippen LogP) is 5.11. The van der Waals surface area contributed by atoms with Gasteiger partial charge in [0, 0.05) is 31.7 Å². The molecule has 35 heavy (non-hydrogen) atoms. The minimum Gasteiger partial charge on any atom is -0.491 e. The van der Waals surface area contributed by atoms with Crippen molar-refractivity contribution in [3.05, 3.63) is 88.4 Å². The lowest BCUT2D eigenvalue weighted by Gasteiger charge is -2.32. The zero-order chi connectivity index (χ0) is 24.2. The first kappa shape index (κ1) is 23.6. The van der Waals surface area contributed by atoms with Crippen LogP contribution in [0.5, 0.6) is 5.75 Å². The van der Waals surface area contributed by atoms with E-state index in [-0.39, 0.29) is 5.91 Å². The van der Waals surface area contributed by atoms with Crippen LogP contribution >= 0.6 is 0 Å². The smallest absolute Gasteiger partial charge is 0.257 e. The fraction of sp³-hybridized carbons (Fsp3) is 0.414. The maximum atomic E-state index is 13.2. The van der Waals surface area contributed by atoms with E-state index in [1.165, 1.54) is 11.1 Å². The molecular formula is C29H34N2O4. The second-order valence-electron chi connectivity index (χ2n) is 9.62. The van der Waals surface area contributed by atoms with Crippen molar-refractivity contribution in [1.82, 2.24) is 9.80 Å².